The normalized spacial score (nSPS) is 14.4. The fourth-order valence-electron chi connectivity index (χ4n) is 3.25. The van der Waals surface area contributed by atoms with Crippen molar-refractivity contribution < 1.29 is 14.3 Å². The number of methoxy groups -OCH3 is 2. The Morgan fingerprint density at radius 2 is 1.86 bits per heavy atom. The van der Waals surface area contributed by atoms with Crippen LogP contribution in [0.3, 0.4) is 0 Å². The molecule has 5 nitrogen and oxygen atoms in total. The molecule has 1 fully saturated rings. The predicted octanol–water partition coefficient (Wildman–Crippen LogP) is 4.71. The SMILES string of the molecule is COc1ccc(C(NC(=O)c2csc(-c3ccccc3OC)n2)C2CC2)cc1. The van der Waals surface area contributed by atoms with Crippen LogP contribution >= 0.6 is 11.3 Å². The van der Waals surface area contributed by atoms with Gasteiger partial charge in [0.2, 0.25) is 0 Å². The van der Waals surface area contributed by atoms with E-state index in [1.165, 1.54) is 11.3 Å². The summed E-state index contributed by atoms with van der Waals surface area (Å²) in [7, 11) is 3.28. The van der Waals surface area contributed by atoms with Crippen molar-refractivity contribution in [3.05, 3.63) is 65.2 Å². The van der Waals surface area contributed by atoms with Gasteiger partial charge in [0.1, 0.15) is 22.2 Å². The topological polar surface area (TPSA) is 60.5 Å². The Hall–Kier alpha value is -2.86. The van der Waals surface area contributed by atoms with E-state index in [1.807, 2.05) is 48.5 Å². The molecular formula is C22H22N2O3S. The van der Waals surface area contributed by atoms with E-state index in [0.717, 1.165) is 40.5 Å². The lowest BCUT2D eigenvalue weighted by Crippen LogP contribution is -2.30. The van der Waals surface area contributed by atoms with Gasteiger partial charge < -0.3 is 14.8 Å². The fraction of sp³-hybridized carbons (Fsp3) is 0.273. The molecule has 4 rings (SSSR count). The third-order valence-corrected chi connectivity index (χ3v) is 5.80. The van der Waals surface area contributed by atoms with Crippen LogP contribution in [-0.4, -0.2) is 25.1 Å². The Balaban J connectivity index is 1.53. The van der Waals surface area contributed by atoms with Crippen LogP contribution in [-0.2, 0) is 0 Å². The van der Waals surface area contributed by atoms with Crippen molar-refractivity contribution in [3.63, 3.8) is 0 Å². The smallest absolute Gasteiger partial charge is 0.271 e. The van der Waals surface area contributed by atoms with Crippen molar-refractivity contribution in [2.45, 2.75) is 18.9 Å². The van der Waals surface area contributed by atoms with Crippen LogP contribution in [0.4, 0.5) is 0 Å². The molecule has 0 saturated heterocycles. The molecule has 1 aromatic heterocycles. The van der Waals surface area contributed by atoms with E-state index in [4.69, 9.17) is 9.47 Å². The average Bonchev–Trinajstić information content (AvgIpc) is 3.47. The second-order valence-corrected chi connectivity index (χ2v) is 7.66. The molecular weight excluding hydrogens is 372 g/mol. The van der Waals surface area contributed by atoms with Gasteiger partial charge in [-0.1, -0.05) is 24.3 Å². The van der Waals surface area contributed by atoms with Gasteiger partial charge in [-0.15, -0.1) is 11.3 Å². The Labute approximate surface area is 168 Å². The summed E-state index contributed by atoms with van der Waals surface area (Å²) in [5.41, 5.74) is 2.42. The third kappa shape index (κ3) is 3.87. The molecule has 1 N–H and O–H groups in total. The molecule has 28 heavy (non-hydrogen) atoms. The van der Waals surface area contributed by atoms with Gasteiger partial charge in [0.25, 0.3) is 5.91 Å². The van der Waals surface area contributed by atoms with E-state index < -0.39 is 0 Å². The molecule has 1 heterocycles. The molecule has 0 aliphatic heterocycles. The van der Waals surface area contributed by atoms with Crippen molar-refractivity contribution >= 4 is 17.2 Å². The number of benzene rings is 2. The third-order valence-electron chi connectivity index (χ3n) is 4.93. The summed E-state index contributed by atoms with van der Waals surface area (Å²) in [6.07, 6.45) is 2.25. The second kappa shape index (κ2) is 8.02. The monoisotopic (exact) mass is 394 g/mol. The van der Waals surface area contributed by atoms with Crippen LogP contribution in [0.15, 0.2) is 53.9 Å². The summed E-state index contributed by atoms with van der Waals surface area (Å²) < 4.78 is 10.6. The number of thiazole rings is 1. The standard InChI is InChI=1S/C22H22N2O3S/c1-26-16-11-9-15(10-12-16)20(14-7-8-14)24-21(25)18-13-28-22(23-18)17-5-3-4-6-19(17)27-2/h3-6,9-14,20H,7-8H2,1-2H3,(H,24,25). The van der Waals surface area contributed by atoms with E-state index in [-0.39, 0.29) is 11.9 Å². The molecule has 0 bridgehead atoms. The first-order chi connectivity index (χ1) is 13.7. The summed E-state index contributed by atoms with van der Waals surface area (Å²) in [5, 5.41) is 5.75. The molecule has 6 heteroatoms. The van der Waals surface area contributed by atoms with Crippen molar-refractivity contribution in [1.29, 1.82) is 0 Å². The number of hydrogen-bond donors (Lipinski definition) is 1. The molecule has 1 atom stereocenters. The van der Waals surface area contributed by atoms with E-state index in [2.05, 4.69) is 10.3 Å². The minimum atomic E-state index is -0.148. The van der Waals surface area contributed by atoms with Crippen molar-refractivity contribution in [2.24, 2.45) is 5.92 Å². The number of ether oxygens (including phenoxy) is 2. The minimum Gasteiger partial charge on any atom is -0.497 e. The van der Waals surface area contributed by atoms with E-state index in [1.54, 1.807) is 19.6 Å². The number of aromatic nitrogens is 1. The number of carbonyl (C=O) groups is 1. The lowest BCUT2D eigenvalue weighted by atomic mass is 10.0. The molecule has 1 aliphatic carbocycles. The summed E-state index contributed by atoms with van der Waals surface area (Å²) in [6.45, 7) is 0. The van der Waals surface area contributed by atoms with Crippen LogP contribution in [0.2, 0.25) is 0 Å². The minimum absolute atomic E-state index is 0.00480. The number of amides is 1. The first-order valence-corrected chi connectivity index (χ1v) is 10.1. The predicted molar refractivity (Wildman–Crippen MR) is 110 cm³/mol. The molecule has 1 unspecified atom stereocenters. The van der Waals surface area contributed by atoms with Gasteiger partial charge in [-0.25, -0.2) is 4.98 Å². The van der Waals surface area contributed by atoms with Gasteiger partial charge in [0, 0.05) is 5.38 Å². The number of carbonyl (C=O) groups excluding carboxylic acids is 1. The molecule has 1 amide bonds. The van der Waals surface area contributed by atoms with Gasteiger partial charge in [-0.2, -0.15) is 0 Å². The molecule has 0 spiro atoms. The van der Waals surface area contributed by atoms with Crippen molar-refractivity contribution in [3.8, 4) is 22.1 Å². The molecule has 3 aromatic rings. The average molecular weight is 394 g/mol. The highest BCUT2D eigenvalue weighted by Gasteiger charge is 2.34. The van der Waals surface area contributed by atoms with E-state index in [0.29, 0.717) is 11.6 Å². The zero-order chi connectivity index (χ0) is 19.5. The first-order valence-electron chi connectivity index (χ1n) is 9.23. The van der Waals surface area contributed by atoms with Crippen LogP contribution in [0.25, 0.3) is 10.6 Å². The molecule has 2 aromatic carbocycles. The van der Waals surface area contributed by atoms with E-state index in [9.17, 15) is 4.79 Å². The first kappa shape index (κ1) is 18.5. The maximum absolute atomic E-state index is 12.9. The Morgan fingerprint density at radius 1 is 1.11 bits per heavy atom. The number of rotatable bonds is 7. The maximum atomic E-state index is 12.9. The zero-order valence-corrected chi connectivity index (χ0v) is 16.7. The zero-order valence-electron chi connectivity index (χ0n) is 15.8. The lowest BCUT2D eigenvalue weighted by Gasteiger charge is -2.18. The van der Waals surface area contributed by atoms with Gasteiger partial charge in [0.05, 0.1) is 25.8 Å². The Morgan fingerprint density at radius 3 is 2.54 bits per heavy atom. The number of nitrogens with one attached hydrogen (secondary N) is 1. The van der Waals surface area contributed by atoms with Crippen LogP contribution in [0.5, 0.6) is 11.5 Å². The number of nitrogens with zero attached hydrogens (tertiary/aromatic N) is 1. The van der Waals surface area contributed by atoms with Crippen molar-refractivity contribution in [2.75, 3.05) is 14.2 Å². The summed E-state index contributed by atoms with van der Waals surface area (Å²) in [5.74, 6) is 1.89. The molecule has 144 valence electrons. The van der Waals surface area contributed by atoms with Crippen LogP contribution in [0.1, 0.15) is 34.9 Å². The van der Waals surface area contributed by atoms with Crippen molar-refractivity contribution in [1.82, 2.24) is 10.3 Å². The van der Waals surface area contributed by atoms with Gasteiger partial charge in [-0.3, -0.25) is 4.79 Å². The van der Waals surface area contributed by atoms with Gasteiger partial charge >= 0.3 is 0 Å². The number of hydrogen-bond acceptors (Lipinski definition) is 5. The van der Waals surface area contributed by atoms with Gasteiger partial charge in [0.15, 0.2) is 0 Å². The van der Waals surface area contributed by atoms with Crippen LogP contribution < -0.4 is 14.8 Å². The Kier molecular flexibility index (Phi) is 5.30. The highest BCUT2D eigenvalue weighted by molar-refractivity contribution is 7.13. The second-order valence-electron chi connectivity index (χ2n) is 6.80. The quantitative estimate of drug-likeness (QED) is 0.631. The molecule has 1 saturated carbocycles. The van der Waals surface area contributed by atoms with Gasteiger partial charge in [-0.05, 0) is 48.6 Å². The summed E-state index contributed by atoms with van der Waals surface area (Å²) in [4.78, 5) is 17.4. The fourth-order valence-corrected chi connectivity index (χ4v) is 4.08. The highest BCUT2D eigenvalue weighted by atomic mass is 32.1. The van der Waals surface area contributed by atoms with E-state index >= 15 is 0 Å². The maximum Gasteiger partial charge on any atom is 0.271 e. The number of para-hydroxylation sites is 1. The highest BCUT2D eigenvalue weighted by Crippen LogP contribution is 2.41. The molecule has 0 radical (unpaired) electrons. The largest absolute Gasteiger partial charge is 0.497 e. The summed E-state index contributed by atoms with van der Waals surface area (Å²) in [6, 6.07) is 15.6. The van der Waals surface area contributed by atoms with Crippen LogP contribution in [0, 0.1) is 5.92 Å². The summed E-state index contributed by atoms with van der Waals surface area (Å²) >= 11 is 1.44. The molecule has 1 aliphatic rings. The Bertz CT molecular complexity index is 964. The lowest BCUT2D eigenvalue weighted by molar-refractivity contribution is 0.0927.